The summed E-state index contributed by atoms with van der Waals surface area (Å²) >= 11 is 0. The monoisotopic (exact) mass is 233 g/mol. The standard InChI is InChI=1S/C12H12FN3O/c13-11-2-1-8(3-9(11)5-14)6-15-10-4-12(17)16-7-10/h1-3,10,15H,4,6-7H2,(H,16,17). The third-order valence-corrected chi connectivity index (χ3v) is 2.72. The summed E-state index contributed by atoms with van der Waals surface area (Å²) < 4.78 is 13.1. The van der Waals surface area contributed by atoms with Crippen LogP contribution in [0.2, 0.25) is 0 Å². The fraction of sp³-hybridized carbons (Fsp3) is 0.333. The normalized spacial score (nSPS) is 18.8. The van der Waals surface area contributed by atoms with E-state index in [0.717, 1.165) is 5.56 Å². The molecule has 4 nitrogen and oxygen atoms in total. The van der Waals surface area contributed by atoms with Crippen molar-refractivity contribution in [2.45, 2.75) is 19.0 Å². The van der Waals surface area contributed by atoms with Crippen LogP contribution in [0.3, 0.4) is 0 Å². The van der Waals surface area contributed by atoms with Crippen LogP contribution in [0.5, 0.6) is 0 Å². The summed E-state index contributed by atoms with van der Waals surface area (Å²) in [5, 5.41) is 14.6. The lowest BCUT2D eigenvalue weighted by atomic mass is 10.1. The molecule has 1 aliphatic heterocycles. The number of nitrogens with zero attached hydrogens (tertiary/aromatic N) is 1. The summed E-state index contributed by atoms with van der Waals surface area (Å²) in [5.41, 5.74) is 0.882. The maximum absolute atomic E-state index is 13.1. The number of rotatable bonds is 3. The Labute approximate surface area is 98.4 Å². The van der Waals surface area contributed by atoms with Gasteiger partial charge in [-0.05, 0) is 17.7 Å². The number of hydrogen-bond donors (Lipinski definition) is 2. The molecule has 0 spiro atoms. The van der Waals surface area contributed by atoms with Crippen molar-refractivity contribution in [2.24, 2.45) is 0 Å². The van der Waals surface area contributed by atoms with Gasteiger partial charge in [0.25, 0.3) is 0 Å². The summed E-state index contributed by atoms with van der Waals surface area (Å²) in [5.74, 6) is -0.465. The van der Waals surface area contributed by atoms with Crippen molar-refractivity contribution in [3.05, 3.63) is 35.1 Å². The predicted molar refractivity (Wildman–Crippen MR) is 59.4 cm³/mol. The van der Waals surface area contributed by atoms with E-state index in [0.29, 0.717) is 19.5 Å². The Morgan fingerprint density at radius 3 is 3.06 bits per heavy atom. The lowest BCUT2D eigenvalue weighted by Gasteiger charge is -2.10. The second-order valence-electron chi connectivity index (χ2n) is 4.01. The maximum atomic E-state index is 13.1. The van der Waals surface area contributed by atoms with Crippen LogP contribution in [-0.2, 0) is 11.3 Å². The topological polar surface area (TPSA) is 64.9 Å². The van der Waals surface area contributed by atoms with Crippen molar-refractivity contribution in [2.75, 3.05) is 6.54 Å². The van der Waals surface area contributed by atoms with Crippen molar-refractivity contribution in [3.63, 3.8) is 0 Å². The van der Waals surface area contributed by atoms with Crippen LogP contribution < -0.4 is 10.6 Å². The number of benzene rings is 1. The number of halogens is 1. The highest BCUT2D eigenvalue weighted by molar-refractivity contribution is 5.78. The summed E-state index contributed by atoms with van der Waals surface area (Å²) in [6.45, 7) is 1.14. The van der Waals surface area contributed by atoms with Gasteiger partial charge in [-0.2, -0.15) is 5.26 Å². The lowest BCUT2D eigenvalue weighted by Crippen LogP contribution is -2.30. The molecule has 0 bridgehead atoms. The van der Waals surface area contributed by atoms with E-state index in [1.165, 1.54) is 12.1 Å². The molecule has 88 valence electrons. The summed E-state index contributed by atoms with van der Waals surface area (Å²) in [6, 6.07) is 6.35. The molecule has 1 aromatic carbocycles. The molecule has 1 atom stereocenters. The van der Waals surface area contributed by atoms with Crippen molar-refractivity contribution < 1.29 is 9.18 Å². The van der Waals surface area contributed by atoms with Crippen LogP contribution in [0.4, 0.5) is 4.39 Å². The Hall–Kier alpha value is -1.93. The molecule has 1 unspecified atom stereocenters. The van der Waals surface area contributed by atoms with Gasteiger partial charge in [0.2, 0.25) is 5.91 Å². The van der Waals surface area contributed by atoms with Gasteiger partial charge in [0.15, 0.2) is 0 Å². The zero-order valence-corrected chi connectivity index (χ0v) is 9.16. The van der Waals surface area contributed by atoms with Crippen molar-refractivity contribution in [3.8, 4) is 6.07 Å². The van der Waals surface area contributed by atoms with Crippen LogP contribution >= 0.6 is 0 Å². The largest absolute Gasteiger partial charge is 0.354 e. The molecule has 2 rings (SSSR count). The first-order valence-corrected chi connectivity index (χ1v) is 5.37. The van der Waals surface area contributed by atoms with Gasteiger partial charge < -0.3 is 10.6 Å². The molecule has 0 aromatic heterocycles. The minimum Gasteiger partial charge on any atom is -0.354 e. The zero-order valence-electron chi connectivity index (χ0n) is 9.16. The van der Waals surface area contributed by atoms with Gasteiger partial charge in [0.05, 0.1) is 5.56 Å². The fourth-order valence-electron chi connectivity index (χ4n) is 1.78. The smallest absolute Gasteiger partial charge is 0.221 e. The van der Waals surface area contributed by atoms with E-state index in [-0.39, 0.29) is 17.5 Å². The van der Waals surface area contributed by atoms with Gasteiger partial charge in [-0.3, -0.25) is 4.79 Å². The molecule has 1 fully saturated rings. The second-order valence-corrected chi connectivity index (χ2v) is 4.01. The zero-order chi connectivity index (χ0) is 12.3. The molecule has 1 aliphatic rings. The maximum Gasteiger partial charge on any atom is 0.221 e. The van der Waals surface area contributed by atoms with Crippen LogP contribution in [0.1, 0.15) is 17.5 Å². The van der Waals surface area contributed by atoms with Crippen molar-refractivity contribution in [1.82, 2.24) is 10.6 Å². The van der Waals surface area contributed by atoms with Crippen molar-refractivity contribution >= 4 is 5.91 Å². The van der Waals surface area contributed by atoms with Gasteiger partial charge in [0, 0.05) is 25.6 Å². The molecule has 0 radical (unpaired) electrons. The molecule has 1 amide bonds. The van der Waals surface area contributed by atoms with Gasteiger partial charge in [-0.25, -0.2) is 4.39 Å². The van der Waals surface area contributed by atoms with Crippen LogP contribution in [0.25, 0.3) is 0 Å². The molecular weight excluding hydrogens is 221 g/mol. The Kier molecular flexibility index (Phi) is 3.35. The molecule has 1 saturated heterocycles. The quantitative estimate of drug-likeness (QED) is 0.806. The van der Waals surface area contributed by atoms with Crippen LogP contribution in [0, 0.1) is 17.1 Å². The molecular formula is C12H12FN3O. The predicted octanol–water partition coefficient (Wildman–Crippen LogP) is 0.675. The summed E-state index contributed by atoms with van der Waals surface area (Å²) in [7, 11) is 0. The molecule has 5 heteroatoms. The minimum atomic E-state index is -0.506. The first-order valence-electron chi connectivity index (χ1n) is 5.37. The van der Waals surface area contributed by atoms with Gasteiger partial charge in [0.1, 0.15) is 11.9 Å². The van der Waals surface area contributed by atoms with E-state index in [1.54, 1.807) is 12.1 Å². The van der Waals surface area contributed by atoms with E-state index >= 15 is 0 Å². The highest BCUT2D eigenvalue weighted by Gasteiger charge is 2.20. The van der Waals surface area contributed by atoms with Crippen LogP contribution in [-0.4, -0.2) is 18.5 Å². The van der Waals surface area contributed by atoms with E-state index in [9.17, 15) is 9.18 Å². The number of carbonyl (C=O) groups is 1. The van der Waals surface area contributed by atoms with E-state index in [1.807, 2.05) is 0 Å². The van der Waals surface area contributed by atoms with Crippen molar-refractivity contribution in [1.29, 1.82) is 5.26 Å². The first kappa shape index (κ1) is 11.6. The average molecular weight is 233 g/mol. The Bertz CT molecular complexity index is 481. The summed E-state index contributed by atoms with van der Waals surface area (Å²) in [6.07, 6.45) is 0.465. The number of nitriles is 1. The number of hydrogen-bond acceptors (Lipinski definition) is 3. The van der Waals surface area contributed by atoms with E-state index in [2.05, 4.69) is 10.6 Å². The van der Waals surface area contributed by atoms with E-state index < -0.39 is 5.82 Å². The second kappa shape index (κ2) is 4.93. The minimum absolute atomic E-state index is 0.0410. The Balaban J connectivity index is 1.95. The molecule has 1 aromatic rings. The van der Waals surface area contributed by atoms with Crippen LogP contribution in [0.15, 0.2) is 18.2 Å². The highest BCUT2D eigenvalue weighted by atomic mass is 19.1. The molecule has 17 heavy (non-hydrogen) atoms. The number of nitrogens with one attached hydrogen (secondary N) is 2. The number of amides is 1. The summed E-state index contributed by atoms with van der Waals surface area (Å²) in [4.78, 5) is 11.0. The Morgan fingerprint density at radius 1 is 1.59 bits per heavy atom. The third-order valence-electron chi connectivity index (χ3n) is 2.72. The SMILES string of the molecule is N#Cc1cc(CNC2CNC(=O)C2)ccc1F. The lowest BCUT2D eigenvalue weighted by molar-refractivity contribution is -0.119. The van der Waals surface area contributed by atoms with Gasteiger partial charge in [-0.15, -0.1) is 0 Å². The third kappa shape index (κ3) is 2.80. The Morgan fingerprint density at radius 2 is 2.41 bits per heavy atom. The van der Waals surface area contributed by atoms with Gasteiger partial charge in [-0.1, -0.05) is 6.07 Å². The van der Waals surface area contributed by atoms with E-state index in [4.69, 9.17) is 5.26 Å². The van der Waals surface area contributed by atoms with Gasteiger partial charge >= 0.3 is 0 Å². The first-order chi connectivity index (χ1) is 8.19. The molecule has 2 N–H and O–H groups in total. The molecule has 0 aliphatic carbocycles. The number of carbonyl (C=O) groups excluding carboxylic acids is 1. The average Bonchev–Trinajstić information content (AvgIpc) is 2.74. The molecule has 1 heterocycles. The fourth-order valence-corrected chi connectivity index (χ4v) is 1.78. The molecule has 0 saturated carbocycles. The highest BCUT2D eigenvalue weighted by Crippen LogP contribution is 2.10.